The zero-order chi connectivity index (χ0) is 17.5. The van der Waals surface area contributed by atoms with E-state index in [4.69, 9.17) is 9.47 Å². The van der Waals surface area contributed by atoms with Crippen molar-refractivity contribution < 1.29 is 19.1 Å². The van der Waals surface area contributed by atoms with E-state index >= 15 is 0 Å². The van der Waals surface area contributed by atoms with Gasteiger partial charge >= 0.3 is 5.97 Å². The van der Waals surface area contributed by atoms with Crippen LogP contribution in [0.1, 0.15) is 10.4 Å². The number of aromatic amines is 1. The molecule has 3 rings (SSSR count). The largest absolute Gasteiger partial charge is 0.492 e. The number of esters is 1. The highest BCUT2D eigenvalue weighted by Gasteiger charge is 2.14. The third kappa shape index (κ3) is 4.38. The first-order valence-corrected chi connectivity index (χ1v) is 7.92. The summed E-state index contributed by atoms with van der Waals surface area (Å²) in [5.74, 6) is -0.166. The van der Waals surface area contributed by atoms with E-state index in [9.17, 15) is 9.59 Å². The van der Waals surface area contributed by atoms with Crippen LogP contribution in [0.25, 0.3) is 10.9 Å². The van der Waals surface area contributed by atoms with E-state index in [1.165, 1.54) is 0 Å². The molecule has 0 fully saturated rings. The van der Waals surface area contributed by atoms with Gasteiger partial charge in [0, 0.05) is 17.1 Å². The quantitative estimate of drug-likeness (QED) is 0.512. The van der Waals surface area contributed by atoms with Gasteiger partial charge in [-0.05, 0) is 18.2 Å². The van der Waals surface area contributed by atoms with Crippen LogP contribution in [0.15, 0.2) is 60.8 Å². The van der Waals surface area contributed by atoms with Gasteiger partial charge in [-0.15, -0.1) is 0 Å². The Kier molecular flexibility index (Phi) is 5.31. The summed E-state index contributed by atoms with van der Waals surface area (Å²) in [4.78, 5) is 26.8. The van der Waals surface area contributed by atoms with Gasteiger partial charge in [-0.2, -0.15) is 0 Å². The molecule has 0 aliphatic carbocycles. The number of benzene rings is 2. The van der Waals surface area contributed by atoms with Gasteiger partial charge in [-0.25, -0.2) is 4.79 Å². The lowest BCUT2D eigenvalue weighted by atomic mass is 10.2. The first kappa shape index (κ1) is 16.6. The van der Waals surface area contributed by atoms with Crippen LogP contribution >= 0.6 is 0 Å². The predicted molar refractivity (Wildman–Crippen MR) is 93.5 cm³/mol. The van der Waals surface area contributed by atoms with Crippen LogP contribution in [-0.2, 0) is 9.53 Å². The molecule has 0 atom stereocenters. The average molecular weight is 338 g/mol. The molecule has 0 saturated heterocycles. The first-order chi connectivity index (χ1) is 12.2. The minimum absolute atomic E-state index is 0.330. The molecule has 0 saturated carbocycles. The molecule has 6 nitrogen and oxygen atoms in total. The number of hydrogen-bond donors (Lipinski definition) is 2. The van der Waals surface area contributed by atoms with Crippen LogP contribution in [0, 0.1) is 0 Å². The summed E-state index contributed by atoms with van der Waals surface area (Å²) in [6.07, 6.45) is 1.58. The fourth-order valence-corrected chi connectivity index (χ4v) is 2.38. The van der Waals surface area contributed by atoms with Crippen molar-refractivity contribution in [2.24, 2.45) is 0 Å². The minimum atomic E-state index is -0.534. The van der Waals surface area contributed by atoms with E-state index < -0.39 is 5.97 Å². The zero-order valence-electron chi connectivity index (χ0n) is 13.5. The second kappa shape index (κ2) is 8.01. The molecule has 0 unspecified atom stereocenters. The third-order valence-corrected chi connectivity index (χ3v) is 3.58. The maximum atomic E-state index is 12.1. The number of carbonyl (C=O) groups excluding carboxylic acids is 2. The Hall–Kier alpha value is -3.28. The Morgan fingerprint density at radius 3 is 2.60 bits per heavy atom. The van der Waals surface area contributed by atoms with Gasteiger partial charge < -0.3 is 19.8 Å². The molecule has 1 aromatic heterocycles. The van der Waals surface area contributed by atoms with Gasteiger partial charge in [0.25, 0.3) is 5.91 Å². The summed E-state index contributed by atoms with van der Waals surface area (Å²) in [6.45, 7) is 0.341. The van der Waals surface area contributed by atoms with Crippen LogP contribution < -0.4 is 10.1 Å². The highest BCUT2D eigenvalue weighted by atomic mass is 16.5. The maximum absolute atomic E-state index is 12.1. The van der Waals surface area contributed by atoms with Crippen LogP contribution in [0.3, 0.4) is 0 Å². The molecule has 6 heteroatoms. The molecule has 0 aliphatic rings. The molecule has 0 spiro atoms. The van der Waals surface area contributed by atoms with Crippen molar-refractivity contribution in [3.8, 4) is 5.75 Å². The number of fused-ring (bicyclic) bond motifs is 1. The Labute approximate surface area is 144 Å². The van der Waals surface area contributed by atoms with Gasteiger partial charge in [0.2, 0.25) is 0 Å². The van der Waals surface area contributed by atoms with E-state index in [1.54, 1.807) is 6.20 Å². The summed E-state index contributed by atoms with van der Waals surface area (Å²) in [5, 5.41) is 3.41. The SMILES string of the molecule is O=C(COC(=O)c1c[nH]c2ccccc12)NCCOc1ccccc1. The summed E-state index contributed by atoms with van der Waals surface area (Å²) in [5.41, 5.74) is 1.26. The summed E-state index contributed by atoms with van der Waals surface area (Å²) in [7, 11) is 0. The van der Waals surface area contributed by atoms with Crippen molar-refractivity contribution in [2.45, 2.75) is 0 Å². The standard InChI is InChI=1S/C19H18N2O4/c22-18(20-10-11-24-14-6-2-1-3-7-14)13-25-19(23)16-12-21-17-9-5-4-8-15(16)17/h1-9,12,21H,10-11,13H2,(H,20,22). The van der Waals surface area contributed by atoms with Crippen LogP contribution in [0.5, 0.6) is 5.75 Å². The molecule has 128 valence electrons. The summed E-state index contributed by atoms with van der Waals surface area (Å²) < 4.78 is 10.5. The highest BCUT2D eigenvalue weighted by molar-refractivity contribution is 6.04. The van der Waals surface area contributed by atoms with Crippen molar-refractivity contribution in [3.63, 3.8) is 0 Å². The molecule has 0 aliphatic heterocycles. The number of rotatable bonds is 7. The number of para-hydroxylation sites is 2. The Balaban J connectivity index is 1.40. The first-order valence-electron chi connectivity index (χ1n) is 7.92. The van der Waals surface area contributed by atoms with E-state index in [2.05, 4.69) is 10.3 Å². The number of H-pyrrole nitrogens is 1. The Morgan fingerprint density at radius 1 is 1.00 bits per heavy atom. The van der Waals surface area contributed by atoms with E-state index in [0.717, 1.165) is 16.7 Å². The average Bonchev–Trinajstić information content (AvgIpc) is 3.08. The van der Waals surface area contributed by atoms with Crippen LogP contribution in [-0.4, -0.2) is 36.6 Å². The van der Waals surface area contributed by atoms with E-state index in [0.29, 0.717) is 18.7 Å². The minimum Gasteiger partial charge on any atom is -0.492 e. The molecule has 0 radical (unpaired) electrons. The molecular weight excluding hydrogens is 320 g/mol. The van der Waals surface area contributed by atoms with E-state index in [1.807, 2.05) is 54.6 Å². The number of ether oxygens (including phenoxy) is 2. The number of aromatic nitrogens is 1. The van der Waals surface area contributed by atoms with Crippen LogP contribution in [0.4, 0.5) is 0 Å². The molecule has 3 aromatic rings. The topological polar surface area (TPSA) is 80.4 Å². The number of carbonyl (C=O) groups is 2. The lowest BCUT2D eigenvalue weighted by Crippen LogP contribution is -2.32. The molecular formula is C19H18N2O4. The molecule has 2 aromatic carbocycles. The van der Waals surface area contributed by atoms with E-state index in [-0.39, 0.29) is 12.5 Å². The van der Waals surface area contributed by atoms with Gasteiger partial charge in [-0.3, -0.25) is 4.79 Å². The van der Waals surface area contributed by atoms with Gasteiger partial charge in [-0.1, -0.05) is 36.4 Å². The van der Waals surface area contributed by atoms with Crippen molar-refractivity contribution in [1.29, 1.82) is 0 Å². The zero-order valence-corrected chi connectivity index (χ0v) is 13.5. The van der Waals surface area contributed by atoms with Crippen molar-refractivity contribution in [1.82, 2.24) is 10.3 Å². The van der Waals surface area contributed by atoms with Gasteiger partial charge in [0.05, 0.1) is 12.1 Å². The fraction of sp³-hybridized carbons (Fsp3) is 0.158. The van der Waals surface area contributed by atoms with Crippen molar-refractivity contribution in [2.75, 3.05) is 19.8 Å². The van der Waals surface area contributed by atoms with Gasteiger partial charge in [0.1, 0.15) is 12.4 Å². The molecule has 1 heterocycles. The number of nitrogens with one attached hydrogen (secondary N) is 2. The maximum Gasteiger partial charge on any atom is 0.340 e. The fourth-order valence-electron chi connectivity index (χ4n) is 2.38. The van der Waals surface area contributed by atoms with Crippen LogP contribution in [0.2, 0.25) is 0 Å². The predicted octanol–water partition coefficient (Wildman–Crippen LogP) is 2.52. The second-order valence-electron chi connectivity index (χ2n) is 5.34. The van der Waals surface area contributed by atoms with Gasteiger partial charge in [0.15, 0.2) is 6.61 Å². The Bertz CT molecular complexity index is 858. The van der Waals surface area contributed by atoms with Crippen molar-refractivity contribution >= 4 is 22.8 Å². The number of hydrogen-bond acceptors (Lipinski definition) is 4. The highest BCUT2D eigenvalue weighted by Crippen LogP contribution is 2.18. The monoisotopic (exact) mass is 338 g/mol. The lowest BCUT2D eigenvalue weighted by Gasteiger charge is -2.08. The normalized spacial score (nSPS) is 10.4. The second-order valence-corrected chi connectivity index (χ2v) is 5.34. The molecule has 25 heavy (non-hydrogen) atoms. The lowest BCUT2D eigenvalue weighted by molar-refractivity contribution is -0.124. The summed E-state index contributed by atoms with van der Waals surface area (Å²) >= 11 is 0. The summed E-state index contributed by atoms with van der Waals surface area (Å²) in [6, 6.07) is 16.7. The molecule has 0 bridgehead atoms. The molecule has 1 amide bonds. The third-order valence-electron chi connectivity index (χ3n) is 3.58. The molecule has 2 N–H and O–H groups in total. The van der Waals surface area contributed by atoms with Crippen molar-refractivity contribution in [3.05, 3.63) is 66.4 Å². The Morgan fingerprint density at radius 2 is 1.76 bits per heavy atom. The number of amides is 1. The smallest absolute Gasteiger partial charge is 0.340 e.